The van der Waals surface area contributed by atoms with Crippen LogP contribution in [0.1, 0.15) is 18.6 Å². The number of ether oxygens (including phenoxy) is 1. The molecule has 1 aromatic carbocycles. The normalized spacial score (nSPS) is 13.9. The number of hydrogen-bond acceptors (Lipinski definition) is 3. The summed E-state index contributed by atoms with van der Waals surface area (Å²) in [6.45, 7) is 3.61. The molecule has 18 heavy (non-hydrogen) atoms. The molecule has 0 bridgehead atoms. The second-order valence-corrected chi connectivity index (χ2v) is 4.43. The minimum atomic E-state index is -0.534. The van der Waals surface area contributed by atoms with E-state index in [1.165, 1.54) is 0 Å². The van der Waals surface area contributed by atoms with Gasteiger partial charge in [0.2, 0.25) is 0 Å². The Morgan fingerprint density at radius 1 is 1.28 bits per heavy atom. The van der Waals surface area contributed by atoms with Gasteiger partial charge in [-0.25, -0.2) is 0 Å². The Kier molecular flexibility index (Phi) is 6.39. The van der Waals surface area contributed by atoms with E-state index in [9.17, 15) is 4.79 Å². The topological polar surface area (TPSA) is 50.4 Å². The Bertz CT molecular complexity index is 354. The number of nitrogens with one attached hydrogen (secondary N) is 2. The smallest absolute Gasteiger partial charge is 0.253 e. The Morgan fingerprint density at radius 3 is 2.50 bits per heavy atom. The predicted octanol–water partition coefficient (Wildman–Crippen LogP) is 1.35. The maximum absolute atomic E-state index is 12.0. The number of carbonyl (C=O) groups is 1. The molecular weight excluding hydrogens is 228 g/mol. The number of methoxy groups -OCH3 is 1. The molecule has 0 radical (unpaired) electrons. The molecule has 2 atom stereocenters. The van der Waals surface area contributed by atoms with E-state index in [1.807, 2.05) is 37.4 Å². The molecule has 0 spiro atoms. The largest absolute Gasteiger partial charge is 0.367 e. The van der Waals surface area contributed by atoms with Gasteiger partial charge in [-0.15, -0.1) is 0 Å². The summed E-state index contributed by atoms with van der Waals surface area (Å²) in [5, 5.41) is 6.00. The molecule has 4 nitrogen and oxygen atoms in total. The fourth-order valence-corrected chi connectivity index (χ4v) is 1.81. The van der Waals surface area contributed by atoms with E-state index in [-0.39, 0.29) is 5.91 Å². The van der Waals surface area contributed by atoms with E-state index in [0.717, 1.165) is 12.1 Å². The molecule has 0 aliphatic heterocycles. The highest BCUT2D eigenvalue weighted by molar-refractivity contribution is 5.82. The van der Waals surface area contributed by atoms with Crippen molar-refractivity contribution in [1.29, 1.82) is 0 Å². The molecule has 4 heteroatoms. The van der Waals surface area contributed by atoms with E-state index in [1.54, 1.807) is 7.11 Å². The highest BCUT2D eigenvalue weighted by Gasteiger charge is 2.19. The SMILES string of the molecule is CNCC(C)CNC(=O)C(OC)c1ccccc1. The highest BCUT2D eigenvalue weighted by Crippen LogP contribution is 2.16. The predicted molar refractivity (Wildman–Crippen MR) is 72.3 cm³/mol. The first-order valence-electron chi connectivity index (χ1n) is 6.19. The lowest BCUT2D eigenvalue weighted by atomic mass is 10.1. The third kappa shape index (κ3) is 4.47. The van der Waals surface area contributed by atoms with Crippen LogP contribution in [-0.2, 0) is 9.53 Å². The summed E-state index contributed by atoms with van der Waals surface area (Å²) >= 11 is 0. The molecule has 1 amide bonds. The van der Waals surface area contributed by atoms with Gasteiger partial charge in [0.15, 0.2) is 6.10 Å². The quantitative estimate of drug-likeness (QED) is 0.768. The van der Waals surface area contributed by atoms with Crippen LogP contribution >= 0.6 is 0 Å². The van der Waals surface area contributed by atoms with Crippen molar-refractivity contribution < 1.29 is 9.53 Å². The molecule has 1 aromatic rings. The van der Waals surface area contributed by atoms with Gasteiger partial charge < -0.3 is 15.4 Å². The van der Waals surface area contributed by atoms with Crippen LogP contribution in [-0.4, -0.2) is 33.2 Å². The zero-order chi connectivity index (χ0) is 13.4. The summed E-state index contributed by atoms with van der Waals surface area (Å²) in [5.74, 6) is 0.305. The monoisotopic (exact) mass is 250 g/mol. The van der Waals surface area contributed by atoms with Crippen LogP contribution in [0.4, 0.5) is 0 Å². The second kappa shape index (κ2) is 7.84. The lowest BCUT2D eigenvalue weighted by Crippen LogP contribution is -2.35. The molecule has 0 aliphatic carbocycles. The van der Waals surface area contributed by atoms with Crippen LogP contribution < -0.4 is 10.6 Å². The summed E-state index contributed by atoms with van der Waals surface area (Å²) in [4.78, 5) is 12.0. The molecule has 0 saturated heterocycles. The van der Waals surface area contributed by atoms with Gasteiger partial charge in [-0.3, -0.25) is 4.79 Å². The van der Waals surface area contributed by atoms with E-state index in [2.05, 4.69) is 17.6 Å². The highest BCUT2D eigenvalue weighted by atomic mass is 16.5. The first-order chi connectivity index (χ1) is 8.69. The van der Waals surface area contributed by atoms with Crippen LogP contribution in [0.3, 0.4) is 0 Å². The van der Waals surface area contributed by atoms with Gasteiger partial charge in [0.05, 0.1) is 0 Å². The number of carbonyl (C=O) groups excluding carboxylic acids is 1. The summed E-state index contributed by atoms with van der Waals surface area (Å²) in [6, 6.07) is 9.51. The molecule has 0 saturated carbocycles. The van der Waals surface area contributed by atoms with Crippen LogP contribution in [0, 0.1) is 5.92 Å². The Labute approximate surface area is 109 Å². The van der Waals surface area contributed by atoms with Crippen LogP contribution in [0.2, 0.25) is 0 Å². The minimum Gasteiger partial charge on any atom is -0.367 e. The fraction of sp³-hybridized carbons (Fsp3) is 0.500. The lowest BCUT2D eigenvalue weighted by Gasteiger charge is -2.17. The van der Waals surface area contributed by atoms with Crippen molar-refractivity contribution >= 4 is 5.91 Å². The Morgan fingerprint density at radius 2 is 1.94 bits per heavy atom. The third-order valence-electron chi connectivity index (χ3n) is 2.75. The van der Waals surface area contributed by atoms with Crippen LogP contribution in [0.5, 0.6) is 0 Å². The molecule has 0 heterocycles. The van der Waals surface area contributed by atoms with Gasteiger partial charge in [0, 0.05) is 13.7 Å². The number of amides is 1. The molecule has 0 aliphatic rings. The maximum Gasteiger partial charge on any atom is 0.253 e. The van der Waals surface area contributed by atoms with Gasteiger partial charge in [-0.2, -0.15) is 0 Å². The first kappa shape index (κ1) is 14.7. The van der Waals surface area contributed by atoms with E-state index < -0.39 is 6.10 Å². The molecule has 100 valence electrons. The van der Waals surface area contributed by atoms with Crippen LogP contribution in [0.15, 0.2) is 30.3 Å². The average molecular weight is 250 g/mol. The molecule has 0 aromatic heterocycles. The Hall–Kier alpha value is -1.39. The van der Waals surface area contributed by atoms with Gasteiger partial charge >= 0.3 is 0 Å². The molecule has 2 unspecified atom stereocenters. The van der Waals surface area contributed by atoms with Gasteiger partial charge in [0.25, 0.3) is 5.91 Å². The molecule has 1 rings (SSSR count). The van der Waals surface area contributed by atoms with E-state index in [0.29, 0.717) is 12.5 Å². The summed E-state index contributed by atoms with van der Waals surface area (Å²) in [7, 11) is 3.45. The van der Waals surface area contributed by atoms with Crippen LogP contribution in [0.25, 0.3) is 0 Å². The van der Waals surface area contributed by atoms with Crippen molar-refractivity contribution in [2.75, 3.05) is 27.2 Å². The van der Waals surface area contributed by atoms with Crippen molar-refractivity contribution in [2.45, 2.75) is 13.0 Å². The van der Waals surface area contributed by atoms with Crippen molar-refractivity contribution in [3.05, 3.63) is 35.9 Å². The van der Waals surface area contributed by atoms with Gasteiger partial charge in [0.1, 0.15) is 0 Å². The number of rotatable bonds is 7. The molecule has 2 N–H and O–H groups in total. The molecular formula is C14H22N2O2. The minimum absolute atomic E-state index is 0.0911. The standard InChI is InChI=1S/C14H22N2O2/c1-11(9-15-2)10-16-14(17)13(18-3)12-7-5-4-6-8-12/h4-8,11,13,15H,9-10H2,1-3H3,(H,16,17). The average Bonchev–Trinajstić information content (AvgIpc) is 2.39. The van der Waals surface area contributed by atoms with Gasteiger partial charge in [-0.1, -0.05) is 37.3 Å². The fourth-order valence-electron chi connectivity index (χ4n) is 1.81. The van der Waals surface area contributed by atoms with E-state index in [4.69, 9.17) is 4.74 Å². The Balaban J connectivity index is 2.53. The van der Waals surface area contributed by atoms with Crippen molar-refractivity contribution in [1.82, 2.24) is 10.6 Å². The molecule has 0 fully saturated rings. The first-order valence-corrected chi connectivity index (χ1v) is 6.19. The second-order valence-electron chi connectivity index (χ2n) is 4.43. The maximum atomic E-state index is 12.0. The summed E-state index contributed by atoms with van der Waals surface area (Å²) in [5.41, 5.74) is 0.874. The third-order valence-corrected chi connectivity index (χ3v) is 2.75. The van der Waals surface area contributed by atoms with Crippen molar-refractivity contribution in [3.8, 4) is 0 Å². The number of benzene rings is 1. The summed E-state index contributed by atoms with van der Waals surface area (Å²) in [6.07, 6.45) is -0.534. The lowest BCUT2D eigenvalue weighted by molar-refractivity contribution is -0.131. The zero-order valence-electron chi connectivity index (χ0n) is 11.3. The van der Waals surface area contributed by atoms with Crippen molar-refractivity contribution in [2.24, 2.45) is 5.92 Å². The van der Waals surface area contributed by atoms with Crippen molar-refractivity contribution in [3.63, 3.8) is 0 Å². The van der Waals surface area contributed by atoms with Gasteiger partial charge in [-0.05, 0) is 25.1 Å². The number of hydrogen-bond donors (Lipinski definition) is 2. The summed E-state index contributed by atoms with van der Waals surface area (Å²) < 4.78 is 5.26. The van der Waals surface area contributed by atoms with E-state index >= 15 is 0 Å². The zero-order valence-corrected chi connectivity index (χ0v) is 11.3.